The number of rotatable bonds is 3. The number of hydrogen-bond donors (Lipinski definition) is 0. The maximum Gasteiger partial charge on any atom is 0.253 e. The zero-order valence-corrected chi connectivity index (χ0v) is 15.3. The quantitative estimate of drug-likeness (QED) is 0.833. The first-order chi connectivity index (χ1) is 12.6. The number of carbonyl (C=O) groups excluding carboxylic acids is 2. The van der Waals surface area contributed by atoms with E-state index in [4.69, 9.17) is 11.6 Å². The summed E-state index contributed by atoms with van der Waals surface area (Å²) in [6.45, 7) is 2.32. The predicted molar refractivity (Wildman–Crippen MR) is 101 cm³/mol. The Morgan fingerprint density at radius 2 is 1.50 bits per heavy atom. The lowest BCUT2D eigenvalue weighted by Crippen LogP contribution is -2.53. The Morgan fingerprint density at radius 1 is 0.846 bits per heavy atom. The molecule has 2 fully saturated rings. The summed E-state index contributed by atoms with van der Waals surface area (Å²) < 4.78 is 0. The second-order valence-corrected chi connectivity index (χ2v) is 7.48. The Balaban J connectivity index is 1.42. The lowest BCUT2D eigenvalue weighted by molar-refractivity contribution is -0.135. The fourth-order valence-electron chi connectivity index (χ4n) is 3.72. The minimum Gasteiger partial charge on any atom is -0.338 e. The highest BCUT2D eigenvalue weighted by Crippen LogP contribution is 2.50. The number of nitrogens with zero attached hydrogens (tertiary/aromatic N) is 2. The van der Waals surface area contributed by atoms with Crippen LogP contribution in [-0.4, -0.2) is 47.8 Å². The van der Waals surface area contributed by atoms with Gasteiger partial charge in [0.2, 0.25) is 5.91 Å². The van der Waals surface area contributed by atoms with Gasteiger partial charge in [-0.2, -0.15) is 0 Å². The van der Waals surface area contributed by atoms with Crippen LogP contribution in [-0.2, 0) is 10.2 Å². The van der Waals surface area contributed by atoms with E-state index in [9.17, 15) is 9.59 Å². The number of piperazine rings is 1. The lowest BCUT2D eigenvalue weighted by Gasteiger charge is -2.36. The first kappa shape index (κ1) is 17.1. The molecule has 5 heteroatoms. The molecule has 134 valence electrons. The Morgan fingerprint density at radius 3 is 2.12 bits per heavy atom. The fourth-order valence-corrected chi connectivity index (χ4v) is 3.91. The SMILES string of the molecule is O=C(c1ccccc1)N1CCN(C(=O)C2(c3cccc(Cl)c3)CC2)CC1. The van der Waals surface area contributed by atoms with Crippen LogP contribution >= 0.6 is 11.6 Å². The molecular formula is C21H21ClN2O2. The van der Waals surface area contributed by atoms with Crippen molar-refractivity contribution >= 4 is 23.4 Å². The van der Waals surface area contributed by atoms with Crippen molar-refractivity contribution in [1.29, 1.82) is 0 Å². The minimum absolute atomic E-state index is 0.0358. The van der Waals surface area contributed by atoms with Gasteiger partial charge in [-0.3, -0.25) is 9.59 Å². The Bertz CT molecular complexity index is 825. The summed E-state index contributed by atoms with van der Waals surface area (Å²) in [5, 5.41) is 0.667. The molecule has 4 nitrogen and oxygen atoms in total. The van der Waals surface area contributed by atoms with Gasteiger partial charge in [-0.1, -0.05) is 41.9 Å². The standard InChI is InChI=1S/C21H21ClN2O2/c22-18-8-4-7-17(15-18)21(9-10-21)20(26)24-13-11-23(12-14-24)19(25)16-5-2-1-3-6-16/h1-8,15H,9-14H2. The summed E-state index contributed by atoms with van der Waals surface area (Å²) in [5.74, 6) is 0.209. The summed E-state index contributed by atoms with van der Waals surface area (Å²) in [5.41, 5.74) is 1.30. The van der Waals surface area contributed by atoms with Crippen LogP contribution in [0.2, 0.25) is 5.02 Å². The highest BCUT2D eigenvalue weighted by Gasteiger charge is 2.53. The number of hydrogen-bond acceptors (Lipinski definition) is 2. The molecule has 0 aromatic heterocycles. The fraction of sp³-hybridized carbons (Fsp3) is 0.333. The molecular weight excluding hydrogens is 348 g/mol. The van der Waals surface area contributed by atoms with Crippen LogP contribution in [0.3, 0.4) is 0 Å². The second-order valence-electron chi connectivity index (χ2n) is 7.04. The van der Waals surface area contributed by atoms with Gasteiger partial charge in [0.25, 0.3) is 5.91 Å². The molecule has 1 saturated heterocycles. The average Bonchev–Trinajstić information content (AvgIpc) is 3.50. The van der Waals surface area contributed by atoms with Crippen molar-refractivity contribution in [3.63, 3.8) is 0 Å². The normalized spacial score (nSPS) is 18.5. The molecule has 1 heterocycles. The van der Waals surface area contributed by atoms with E-state index < -0.39 is 5.41 Å². The third-order valence-electron chi connectivity index (χ3n) is 5.41. The van der Waals surface area contributed by atoms with Crippen molar-refractivity contribution in [2.75, 3.05) is 26.2 Å². The molecule has 0 spiro atoms. The molecule has 1 aliphatic heterocycles. The summed E-state index contributed by atoms with van der Waals surface area (Å²) in [6.07, 6.45) is 1.74. The highest BCUT2D eigenvalue weighted by molar-refractivity contribution is 6.30. The Kier molecular flexibility index (Phi) is 4.45. The molecule has 0 N–H and O–H groups in total. The molecule has 0 radical (unpaired) electrons. The van der Waals surface area contributed by atoms with Gasteiger partial charge in [-0.05, 0) is 42.7 Å². The van der Waals surface area contributed by atoms with E-state index >= 15 is 0 Å². The molecule has 2 amide bonds. The van der Waals surface area contributed by atoms with E-state index in [0.717, 1.165) is 18.4 Å². The van der Waals surface area contributed by atoms with E-state index in [-0.39, 0.29) is 11.8 Å². The largest absolute Gasteiger partial charge is 0.338 e. The zero-order valence-electron chi connectivity index (χ0n) is 14.5. The number of carbonyl (C=O) groups is 2. The molecule has 0 unspecified atom stereocenters. The van der Waals surface area contributed by atoms with Crippen molar-refractivity contribution in [3.8, 4) is 0 Å². The van der Waals surface area contributed by atoms with Crippen LogP contribution in [0.1, 0.15) is 28.8 Å². The smallest absolute Gasteiger partial charge is 0.253 e. The van der Waals surface area contributed by atoms with Crippen molar-refractivity contribution in [2.24, 2.45) is 0 Å². The number of amides is 2. The van der Waals surface area contributed by atoms with Gasteiger partial charge in [0.05, 0.1) is 5.41 Å². The molecule has 1 saturated carbocycles. The minimum atomic E-state index is -0.406. The summed E-state index contributed by atoms with van der Waals surface area (Å²) in [6, 6.07) is 16.9. The van der Waals surface area contributed by atoms with Crippen LogP contribution in [0, 0.1) is 0 Å². The first-order valence-electron chi connectivity index (χ1n) is 9.00. The van der Waals surface area contributed by atoms with Gasteiger partial charge in [-0.15, -0.1) is 0 Å². The zero-order chi connectivity index (χ0) is 18.1. The number of benzene rings is 2. The van der Waals surface area contributed by atoms with Gasteiger partial charge in [0, 0.05) is 36.8 Å². The van der Waals surface area contributed by atoms with Crippen molar-refractivity contribution in [1.82, 2.24) is 9.80 Å². The van der Waals surface area contributed by atoms with Crippen LogP contribution < -0.4 is 0 Å². The maximum absolute atomic E-state index is 13.1. The van der Waals surface area contributed by atoms with E-state index in [1.54, 1.807) is 0 Å². The Hall–Kier alpha value is -2.33. The third kappa shape index (κ3) is 3.10. The third-order valence-corrected chi connectivity index (χ3v) is 5.65. The molecule has 2 aromatic rings. The lowest BCUT2D eigenvalue weighted by atomic mass is 9.94. The van der Waals surface area contributed by atoms with Crippen molar-refractivity contribution < 1.29 is 9.59 Å². The Labute approximate surface area is 158 Å². The molecule has 26 heavy (non-hydrogen) atoms. The van der Waals surface area contributed by atoms with Crippen LogP contribution in [0.4, 0.5) is 0 Å². The summed E-state index contributed by atoms with van der Waals surface area (Å²) in [7, 11) is 0. The topological polar surface area (TPSA) is 40.6 Å². The van der Waals surface area contributed by atoms with Gasteiger partial charge in [-0.25, -0.2) is 0 Å². The van der Waals surface area contributed by atoms with Gasteiger partial charge < -0.3 is 9.80 Å². The monoisotopic (exact) mass is 368 g/mol. The predicted octanol–water partition coefficient (Wildman–Crippen LogP) is 3.36. The molecule has 2 aliphatic rings. The maximum atomic E-state index is 13.1. The van der Waals surface area contributed by atoms with E-state index in [1.807, 2.05) is 64.4 Å². The average molecular weight is 369 g/mol. The molecule has 2 aromatic carbocycles. The van der Waals surface area contributed by atoms with Gasteiger partial charge >= 0.3 is 0 Å². The molecule has 4 rings (SSSR count). The van der Waals surface area contributed by atoms with E-state index in [2.05, 4.69) is 0 Å². The first-order valence-corrected chi connectivity index (χ1v) is 9.38. The van der Waals surface area contributed by atoms with E-state index in [1.165, 1.54) is 0 Å². The van der Waals surface area contributed by atoms with E-state index in [0.29, 0.717) is 36.8 Å². The molecule has 1 aliphatic carbocycles. The summed E-state index contributed by atoms with van der Waals surface area (Å²) >= 11 is 6.11. The van der Waals surface area contributed by atoms with Crippen LogP contribution in [0.15, 0.2) is 54.6 Å². The van der Waals surface area contributed by atoms with Crippen LogP contribution in [0.25, 0.3) is 0 Å². The summed E-state index contributed by atoms with van der Waals surface area (Å²) in [4.78, 5) is 29.4. The second kappa shape index (κ2) is 6.76. The van der Waals surface area contributed by atoms with Gasteiger partial charge in [0.15, 0.2) is 0 Å². The molecule has 0 bridgehead atoms. The van der Waals surface area contributed by atoms with Crippen molar-refractivity contribution in [3.05, 3.63) is 70.7 Å². The number of halogens is 1. The molecule has 0 atom stereocenters. The highest BCUT2D eigenvalue weighted by atomic mass is 35.5. The van der Waals surface area contributed by atoms with Crippen LogP contribution in [0.5, 0.6) is 0 Å². The van der Waals surface area contributed by atoms with Crippen molar-refractivity contribution in [2.45, 2.75) is 18.3 Å². The van der Waals surface area contributed by atoms with Gasteiger partial charge in [0.1, 0.15) is 0 Å².